The highest BCUT2D eigenvalue weighted by molar-refractivity contribution is 5.68. The number of nitrogens with zero attached hydrogens (tertiary/aromatic N) is 1. The molecule has 92 valence electrons. The van der Waals surface area contributed by atoms with Crippen LogP contribution in [0.25, 0.3) is 0 Å². The van der Waals surface area contributed by atoms with Crippen LogP contribution in [0, 0.1) is 22.7 Å². The number of nitriles is 1. The van der Waals surface area contributed by atoms with Gasteiger partial charge in [-0.3, -0.25) is 0 Å². The number of nitrogen functional groups attached to an aromatic ring is 1. The second-order valence-corrected chi connectivity index (χ2v) is 5.41. The monoisotopic (exact) mass is 231 g/mol. The first-order valence-electron chi connectivity index (χ1n) is 5.90. The van der Waals surface area contributed by atoms with Crippen LogP contribution >= 0.6 is 0 Å². The molecule has 3 N–H and O–H groups in total. The number of anilines is 2. The number of hydrogen-bond donors (Lipinski definition) is 2. The maximum atomic E-state index is 8.76. The Bertz CT molecular complexity index is 428. The summed E-state index contributed by atoms with van der Waals surface area (Å²) in [5.41, 5.74) is 8.22. The molecule has 3 nitrogen and oxygen atoms in total. The molecule has 0 aliphatic carbocycles. The molecule has 0 fully saturated rings. The molecule has 0 unspecified atom stereocenters. The molecule has 0 saturated heterocycles. The smallest absolute Gasteiger partial charge is 0.0992 e. The van der Waals surface area contributed by atoms with Gasteiger partial charge in [0.05, 0.1) is 23.0 Å². The minimum atomic E-state index is 0.209. The van der Waals surface area contributed by atoms with E-state index in [1.54, 1.807) is 12.1 Å². The van der Waals surface area contributed by atoms with E-state index in [1.807, 2.05) is 6.07 Å². The maximum absolute atomic E-state index is 8.76. The fourth-order valence-corrected chi connectivity index (χ4v) is 1.32. The highest BCUT2D eigenvalue weighted by Crippen LogP contribution is 2.28. The Balaban J connectivity index is 2.74. The first kappa shape index (κ1) is 13.4. The molecule has 0 radical (unpaired) electrons. The summed E-state index contributed by atoms with van der Waals surface area (Å²) in [4.78, 5) is 0. The van der Waals surface area contributed by atoms with Gasteiger partial charge in [0.1, 0.15) is 0 Å². The number of benzene rings is 1. The molecule has 0 aliphatic rings. The molecule has 0 aromatic heterocycles. The average Bonchev–Trinajstić information content (AvgIpc) is 2.27. The number of nitrogens with two attached hydrogens (primary N) is 1. The molecule has 0 bridgehead atoms. The fourth-order valence-electron chi connectivity index (χ4n) is 1.32. The Labute approximate surface area is 104 Å². The normalized spacial score (nSPS) is 11.3. The SMILES string of the molecule is CC(C)C(C)(C)CNc1ccc(C#N)cc1N. The lowest BCUT2D eigenvalue weighted by molar-refractivity contribution is 0.270. The molecule has 0 aliphatic heterocycles. The Morgan fingerprint density at radius 3 is 2.53 bits per heavy atom. The number of nitrogens with one attached hydrogen (secondary N) is 1. The van der Waals surface area contributed by atoms with E-state index in [0.29, 0.717) is 17.2 Å². The van der Waals surface area contributed by atoms with Crippen LogP contribution in [0.15, 0.2) is 18.2 Å². The first-order valence-corrected chi connectivity index (χ1v) is 5.90. The van der Waals surface area contributed by atoms with Gasteiger partial charge in [-0.05, 0) is 29.5 Å². The Morgan fingerprint density at radius 1 is 1.41 bits per heavy atom. The van der Waals surface area contributed by atoms with Gasteiger partial charge in [-0.2, -0.15) is 5.26 Å². The number of hydrogen-bond acceptors (Lipinski definition) is 3. The molecular weight excluding hydrogens is 210 g/mol. The minimum absolute atomic E-state index is 0.209. The van der Waals surface area contributed by atoms with E-state index in [-0.39, 0.29) is 5.41 Å². The molecule has 0 amide bonds. The third kappa shape index (κ3) is 3.39. The van der Waals surface area contributed by atoms with Crippen LogP contribution in [0.5, 0.6) is 0 Å². The van der Waals surface area contributed by atoms with Gasteiger partial charge in [-0.25, -0.2) is 0 Å². The lowest BCUT2D eigenvalue weighted by atomic mass is 9.81. The van der Waals surface area contributed by atoms with Crippen molar-refractivity contribution in [2.75, 3.05) is 17.6 Å². The van der Waals surface area contributed by atoms with E-state index >= 15 is 0 Å². The van der Waals surface area contributed by atoms with E-state index in [2.05, 4.69) is 39.1 Å². The van der Waals surface area contributed by atoms with Crippen molar-refractivity contribution >= 4 is 11.4 Å². The van der Waals surface area contributed by atoms with Crippen molar-refractivity contribution in [1.29, 1.82) is 5.26 Å². The molecule has 3 heteroatoms. The van der Waals surface area contributed by atoms with Crippen molar-refractivity contribution in [3.05, 3.63) is 23.8 Å². The molecule has 0 atom stereocenters. The summed E-state index contributed by atoms with van der Waals surface area (Å²) in [7, 11) is 0. The van der Waals surface area contributed by atoms with E-state index in [1.165, 1.54) is 0 Å². The van der Waals surface area contributed by atoms with Crippen LogP contribution in [0.2, 0.25) is 0 Å². The average molecular weight is 231 g/mol. The van der Waals surface area contributed by atoms with Gasteiger partial charge in [0, 0.05) is 6.54 Å². The van der Waals surface area contributed by atoms with Crippen LogP contribution in [-0.4, -0.2) is 6.54 Å². The van der Waals surface area contributed by atoms with Crippen LogP contribution in [0.1, 0.15) is 33.3 Å². The zero-order valence-electron chi connectivity index (χ0n) is 11.0. The summed E-state index contributed by atoms with van der Waals surface area (Å²) in [6, 6.07) is 7.42. The Morgan fingerprint density at radius 2 is 2.06 bits per heavy atom. The predicted octanol–water partition coefficient (Wildman–Crippen LogP) is 3.23. The van der Waals surface area contributed by atoms with Crippen LogP contribution in [0.4, 0.5) is 11.4 Å². The van der Waals surface area contributed by atoms with Crippen molar-refractivity contribution in [3.8, 4) is 6.07 Å². The largest absolute Gasteiger partial charge is 0.397 e. The number of rotatable bonds is 4. The van der Waals surface area contributed by atoms with Gasteiger partial charge in [0.15, 0.2) is 0 Å². The van der Waals surface area contributed by atoms with Gasteiger partial charge in [-0.15, -0.1) is 0 Å². The summed E-state index contributed by atoms with van der Waals surface area (Å²) in [6.45, 7) is 9.74. The van der Waals surface area contributed by atoms with Gasteiger partial charge >= 0.3 is 0 Å². The predicted molar refractivity (Wildman–Crippen MR) is 72.7 cm³/mol. The van der Waals surface area contributed by atoms with Crippen molar-refractivity contribution < 1.29 is 0 Å². The highest BCUT2D eigenvalue weighted by Gasteiger charge is 2.22. The summed E-state index contributed by atoms with van der Waals surface area (Å²) in [5, 5.41) is 12.1. The molecular formula is C14H21N3. The van der Waals surface area contributed by atoms with Crippen LogP contribution in [0.3, 0.4) is 0 Å². The van der Waals surface area contributed by atoms with Crippen molar-refractivity contribution in [1.82, 2.24) is 0 Å². The molecule has 1 rings (SSSR count). The van der Waals surface area contributed by atoms with Gasteiger partial charge < -0.3 is 11.1 Å². The second-order valence-electron chi connectivity index (χ2n) is 5.41. The van der Waals surface area contributed by atoms with Crippen molar-refractivity contribution in [2.45, 2.75) is 27.7 Å². The summed E-state index contributed by atoms with van der Waals surface area (Å²) < 4.78 is 0. The van der Waals surface area contributed by atoms with E-state index < -0.39 is 0 Å². The summed E-state index contributed by atoms with van der Waals surface area (Å²) in [5.74, 6) is 0.592. The molecule has 1 aromatic carbocycles. The molecule has 0 saturated carbocycles. The summed E-state index contributed by atoms with van der Waals surface area (Å²) in [6.07, 6.45) is 0. The zero-order chi connectivity index (χ0) is 13.1. The van der Waals surface area contributed by atoms with E-state index in [4.69, 9.17) is 11.0 Å². The second kappa shape index (κ2) is 5.09. The molecule has 0 heterocycles. The minimum Gasteiger partial charge on any atom is -0.397 e. The summed E-state index contributed by atoms with van der Waals surface area (Å²) >= 11 is 0. The molecule has 1 aromatic rings. The fraction of sp³-hybridized carbons (Fsp3) is 0.500. The molecule has 17 heavy (non-hydrogen) atoms. The zero-order valence-corrected chi connectivity index (χ0v) is 11.0. The standard InChI is InChI=1S/C14H21N3/c1-10(2)14(3,4)9-17-13-6-5-11(8-15)7-12(13)16/h5-7,10,17H,9,16H2,1-4H3. The highest BCUT2D eigenvalue weighted by atomic mass is 14.9. The van der Waals surface area contributed by atoms with Crippen LogP contribution < -0.4 is 11.1 Å². The quantitative estimate of drug-likeness (QED) is 0.782. The Kier molecular flexibility index (Phi) is 4.01. The van der Waals surface area contributed by atoms with E-state index in [0.717, 1.165) is 12.2 Å². The van der Waals surface area contributed by atoms with Crippen molar-refractivity contribution in [2.24, 2.45) is 11.3 Å². The Hall–Kier alpha value is -1.69. The van der Waals surface area contributed by atoms with Gasteiger partial charge in [0.2, 0.25) is 0 Å². The third-order valence-electron chi connectivity index (χ3n) is 3.48. The topological polar surface area (TPSA) is 61.8 Å². The maximum Gasteiger partial charge on any atom is 0.0992 e. The van der Waals surface area contributed by atoms with Gasteiger partial charge in [-0.1, -0.05) is 27.7 Å². The van der Waals surface area contributed by atoms with Gasteiger partial charge in [0.25, 0.3) is 0 Å². The van der Waals surface area contributed by atoms with E-state index in [9.17, 15) is 0 Å². The molecule has 0 spiro atoms. The van der Waals surface area contributed by atoms with Crippen molar-refractivity contribution in [3.63, 3.8) is 0 Å². The third-order valence-corrected chi connectivity index (χ3v) is 3.48. The lowest BCUT2D eigenvalue weighted by Gasteiger charge is -2.30. The lowest BCUT2D eigenvalue weighted by Crippen LogP contribution is -2.28. The first-order chi connectivity index (χ1) is 7.86. The van der Waals surface area contributed by atoms with Crippen LogP contribution in [-0.2, 0) is 0 Å².